The molecule has 0 radical (unpaired) electrons. The molecule has 3 aromatic carbocycles. The smallest absolute Gasteiger partial charge is 0.320 e. The first-order chi connectivity index (χ1) is 16.3. The number of aliphatic carboxylic acids is 1. The van der Waals surface area contributed by atoms with E-state index in [0.29, 0.717) is 17.3 Å². The van der Waals surface area contributed by atoms with Gasteiger partial charge in [0.15, 0.2) is 5.82 Å². The molecule has 0 amide bonds. The molecule has 0 spiro atoms. The normalized spacial score (nSPS) is 11.7. The van der Waals surface area contributed by atoms with Crippen molar-refractivity contribution in [2.75, 3.05) is 17.7 Å². The van der Waals surface area contributed by atoms with Crippen LogP contribution in [0.1, 0.15) is 5.56 Å². The first-order valence-corrected chi connectivity index (χ1v) is 10.5. The van der Waals surface area contributed by atoms with E-state index in [1.165, 1.54) is 12.1 Å². The number of carbonyl (C=O) groups is 1. The molecule has 0 aliphatic heterocycles. The summed E-state index contributed by atoms with van der Waals surface area (Å²) in [7, 11) is 1.81. The van der Waals surface area contributed by atoms with E-state index in [0.717, 1.165) is 22.4 Å². The lowest BCUT2D eigenvalue weighted by Gasteiger charge is -2.18. The Bertz CT molecular complexity index is 1310. The molecule has 4 aromatic rings. The minimum Gasteiger partial charge on any atom is -0.480 e. The number of nitrogens with zero attached hydrogens (tertiary/aromatic N) is 4. The fraction of sp³-hybridized carbons (Fsp3) is 0.120. The zero-order valence-electron chi connectivity index (χ0n) is 18.4. The number of nitrogen functional groups attached to an aromatic ring is 1. The van der Waals surface area contributed by atoms with Gasteiger partial charge in [0.25, 0.3) is 0 Å². The molecule has 1 atom stereocenters. The van der Waals surface area contributed by atoms with Gasteiger partial charge < -0.3 is 21.5 Å². The van der Waals surface area contributed by atoms with Crippen molar-refractivity contribution in [3.8, 4) is 22.5 Å². The zero-order chi connectivity index (χ0) is 24.2. The number of carboxylic acids is 1. The van der Waals surface area contributed by atoms with Crippen LogP contribution in [-0.4, -0.2) is 39.1 Å². The lowest BCUT2D eigenvalue weighted by atomic mass is 10.0. The Balaban J connectivity index is 1.56. The van der Waals surface area contributed by atoms with Crippen molar-refractivity contribution in [3.63, 3.8) is 0 Å². The second-order valence-electron chi connectivity index (χ2n) is 7.78. The fourth-order valence-corrected chi connectivity index (χ4v) is 3.45. The molecule has 172 valence electrons. The second kappa shape index (κ2) is 9.63. The van der Waals surface area contributed by atoms with Gasteiger partial charge in [-0.2, -0.15) is 15.0 Å². The average molecular weight is 458 g/mol. The maximum Gasteiger partial charge on any atom is 0.320 e. The van der Waals surface area contributed by atoms with E-state index < -0.39 is 12.0 Å². The Labute approximate surface area is 195 Å². The molecule has 5 N–H and O–H groups in total. The Kier molecular flexibility index (Phi) is 6.46. The van der Waals surface area contributed by atoms with E-state index >= 15 is 0 Å². The Morgan fingerprint density at radius 2 is 1.65 bits per heavy atom. The highest BCUT2D eigenvalue weighted by Gasteiger charge is 2.14. The molecular weight excluding hydrogens is 435 g/mol. The molecule has 1 aromatic heterocycles. The predicted molar refractivity (Wildman–Crippen MR) is 129 cm³/mol. The monoisotopic (exact) mass is 458 g/mol. The van der Waals surface area contributed by atoms with Gasteiger partial charge in [-0.3, -0.25) is 4.79 Å². The number of anilines is 3. The van der Waals surface area contributed by atoms with E-state index in [1.807, 2.05) is 37.4 Å². The van der Waals surface area contributed by atoms with Gasteiger partial charge in [0.2, 0.25) is 11.9 Å². The van der Waals surface area contributed by atoms with Crippen LogP contribution >= 0.6 is 0 Å². The molecule has 34 heavy (non-hydrogen) atoms. The summed E-state index contributed by atoms with van der Waals surface area (Å²) < 4.78 is 13.5. The zero-order valence-corrected chi connectivity index (χ0v) is 18.4. The number of halogens is 1. The number of rotatable bonds is 7. The van der Waals surface area contributed by atoms with Crippen molar-refractivity contribution < 1.29 is 14.3 Å². The third-order valence-electron chi connectivity index (χ3n) is 5.34. The number of carboxylic acid groups (broad SMARTS) is 1. The van der Waals surface area contributed by atoms with Crippen LogP contribution in [0.2, 0.25) is 0 Å². The molecule has 4 rings (SSSR count). The van der Waals surface area contributed by atoms with Crippen molar-refractivity contribution in [2.24, 2.45) is 5.73 Å². The standard InChI is InChI=1S/C25H23FN6O2/c1-32(20-11-9-16(10-12-20)18-3-2-4-19(26)14-18)25-30-22(29-24(28)31-25)17-7-5-15(6-8-17)13-21(27)23(33)34/h2-12,14,21H,13,27H2,1H3,(H,33,34)(H2,28,29,30,31)/t21-/m0/s1. The number of nitrogens with two attached hydrogens (primary N) is 2. The van der Waals surface area contributed by atoms with Gasteiger partial charge in [0.05, 0.1) is 0 Å². The van der Waals surface area contributed by atoms with Crippen molar-refractivity contribution >= 4 is 23.6 Å². The molecule has 0 fully saturated rings. The molecule has 0 saturated carbocycles. The predicted octanol–water partition coefficient (Wildman–Crippen LogP) is 3.65. The molecule has 0 aliphatic carbocycles. The van der Waals surface area contributed by atoms with Gasteiger partial charge in [-0.05, 0) is 47.4 Å². The van der Waals surface area contributed by atoms with Crippen LogP contribution in [-0.2, 0) is 11.2 Å². The highest BCUT2D eigenvalue weighted by Crippen LogP contribution is 2.27. The fourth-order valence-electron chi connectivity index (χ4n) is 3.45. The van der Waals surface area contributed by atoms with Crippen molar-refractivity contribution in [1.29, 1.82) is 0 Å². The summed E-state index contributed by atoms with van der Waals surface area (Å²) in [5, 5.41) is 8.98. The topological polar surface area (TPSA) is 131 Å². The average Bonchev–Trinajstić information content (AvgIpc) is 2.83. The van der Waals surface area contributed by atoms with Crippen LogP contribution in [0, 0.1) is 5.82 Å². The van der Waals surface area contributed by atoms with Crippen LogP contribution in [0.4, 0.5) is 22.0 Å². The van der Waals surface area contributed by atoms with Crippen molar-refractivity contribution in [1.82, 2.24) is 15.0 Å². The second-order valence-corrected chi connectivity index (χ2v) is 7.78. The number of hydrogen-bond donors (Lipinski definition) is 3. The summed E-state index contributed by atoms with van der Waals surface area (Å²) in [4.78, 5) is 25.8. The summed E-state index contributed by atoms with van der Waals surface area (Å²) in [6.07, 6.45) is 0.217. The van der Waals surface area contributed by atoms with Crippen molar-refractivity contribution in [3.05, 3.63) is 84.2 Å². The van der Waals surface area contributed by atoms with Gasteiger partial charge in [-0.1, -0.05) is 48.5 Å². The lowest BCUT2D eigenvalue weighted by molar-refractivity contribution is -0.138. The van der Waals surface area contributed by atoms with E-state index in [4.69, 9.17) is 16.6 Å². The minimum atomic E-state index is -1.05. The Morgan fingerprint density at radius 3 is 2.29 bits per heavy atom. The van der Waals surface area contributed by atoms with Crippen LogP contribution in [0.3, 0.4) is 0 Å². The summed E-state index contributed by atoms with van der Waals surface area (Å²) in [6, 6.07) is 20.2. The van der Waals surface area contributed by atoms with Crippen LogP contribution in [0.15, 0.2) is 72.8 Å². The summed E-state index contributed by atoms with van der Waals surface area (Å²) in [5.41, 5.74) is 15.5. The highest BCUT2D eigenvalue weighted by atomic mass is 19.1. The van der Waals surface area contributed by atoms with Crippen LogP contribution in [0.25, 0.3) is 22.5 Å². The molecule has 8 nitrogen and oxygen atoms in total. The van der Waals surface area contributed by atoms with Crippen LogP contribution in [0.5, 0.6) is 0 Å². The van der Waals surface area contributed by atoms with E-state index in [1.54, 1.807) is 35.2 Å². The Morgan fingerprint density at radius 1 is 0.971 bits per heavy atom. The first-order valence-electron chi connectivity index (χ1n) is 10.5. The SMILES string of the molecule is CN(c1ccc(-c2cccc(F)c2)cc1)c1nc(N)nc(-c2ccc(C[C@H](N)C(=O)O)cc2)n1. The number of hydrogen-bond acceptors (Lipinski definition) is 7. The number of aromatic nitrogens is 3. The Hall–Kier alpha value is -4.37. The van der Waals surface area contributed by atoms with Gasteiger partial charge in [-0.15, -0.1) is 0 Å². The highest BCUT2D eigenvalue weighted by molar-refractivity contribution is 5.73. The largest absolute Gasteiger partial charge is 0.480 e. The van der Waals surface area contributed by atoms with Gasteiger partial charge in [0, 0.05) is 18.3 Å². The quantitative estimate of drug-likeness (QED) is 0.382. The lowest BCUT2D eigenvalue weighted by Crippen LogP contribution is -2.32. The molecule has 0 aliphatic rings. The van der Waals surface area contributed by atoms with Crippen LogP contribution < -0.4 is 16.4 Å². The van der Waals surface area contributed by atoms with Gasteiger partial charge in [0.1, 0.15) is 11.9 Å². The van der Waals surface area contributed by atoms with Crippen molar-refractivity contribution in [2.45, 2.75) is 12.5 Å². The summed E-state index contributed by atoms with van der Waals surface area (Å²) >= 11 is 0. The maximum absolute atomic E-state index is 13.5. The van der Waals surface area contributed by atoms with E-state index in [-0.39, 0.29) is 18.2 Å². The number of benzene rings is 3. The third kappa shape index (κ3) is 5.16. The van der Waals surface area contributed by atoms with E-state index in [2.05, 4.69) is 15.0 Å². The minimum absolute atomic E-state index is 0.0696. The third-order valence-corrected chi connectivity index (χ3v) is 5.34. The summed E-state index contributed by atoms with van der Waals surface area (Å²) in [6.45, 7) is 0. The van der Waals surface area contributed by atoms with Gasteiger partial charge >= 0.3 is 5.97 Å². The van der Waals surface area contributed by atoms with E-state index in [9.17, 15) is 9.18 Å². The molecule has 9 heteroatoms. The first kappa shape index (κ1) is 22.8. The molecule has 0 bridgehead atoms. The molecule has 0 saturated heterocycles. The maximum atomic E-state index is 13.5. The molecule has 0 unspecified atom stereocenters. The van der Waals surface area contributed by atoms with Gasteiger partial charge in [-0.25, -0.2) is 4.39 Å². The molecule has 1 heterocycles. The molecular formula is C25H23FN6O2. The summed E-state index contributed by atoms with van der Waals surface area (Å²) in [5.74, 6) is -0.520.